The quantitative estimate of drug-likeness (QED) is 0.771. The lowest BCUT2D eigenvalue weighted by Gasteiger charge is -2.13. The molecule has 3 N–H and O–H groups in total. The molecule has 1 aliphatic rings. The first-order chi connectivity index (χ1) is 10.1. The molecule has 6 heteroatoms. The zero-order chi connectivity index (χ0) is 15.2. The minimum absolute atomic E-state index is 0.0537. The van der Waals surface area contributed by atoms with E-state index < -0.39 is 5.97 Å². The lowest BCUT2D eigenvalue weighted by atomic mass is 10.1. The molecule has 0 unspecified atom stereocenters. The standard InChI is InChI=1S/C15H20N2O4/c1-21-13-6-2-10(3-7-13)9-16-15(20)17-12-5-4-11(8-12)14(18)19/h2-3,6-7,11-12H,4-5,8-9H2,1H3,(H,18,19)(H2,16,17,20)/t11-,12+/m1/s1. The summed E-state index contributed by atoms with van der Waals surface area (Å²) in [5, 5.41) is 14.5. The number of hydrogen-bond acceptors (Lipinski definition) is 3. The summed E-state index contributed by atoms with van der Waals surface area (Å²) in [4.78, 5) is 22.6. The van der Waals surface area contributed by atoms with Gasteiger partial charge < -0.3 is 20.5 Å². The predicted molar refractivity (Wildman–Crippen MR) is 77.1 cm³/mol. The smallest absolute Gasteiger partial charge is 0.315 e. The Bertz CT molecular complexity index is 501. The summed E-state index contributed by atoms with van der Waals surface area (Å²) in [7, 11) is 1.60. The van der Waals surface area contributed by atoms with Crippen molar-refractivity contribution < 1.29 is 19.4 Å². The van der Waals surface area contributed by atoms with Gasteiger partial charge in [0.05, 0.1) is 13.0 Å². The molecule has 0 heterocycles. The summed E-state index contributed by atoms with van der Waals surface area (Å²) in [6, 6.07) is 7.13. The van der Waals surface area contributed by atoms with Crippen molar-refractivity contribution in [3.05, 3.63) is 29.8 Å². The number of urea groups is 1. The van der Waals surface area contributed by atoms with E-state index in [1.54, 1.807) is 7.11 Å². The third-order valence-corrected chi connectivity index (χ3v) is 3.73. The van der Waals surface area contributed by atoms with E-state index in [9.17, 15) is 9.59 Å². The molecule has 6 nitrogen and oxygen atoms in total. The van der Waals surface area contributed by atoms with Crippen molar-refractivity contribution in [2.75, 3.05) is 7.11 Å². The minimum atomic E-state index is -0.780. The van der Waals surface area contributed by atoms with Crippen LogP contribution < -0.4 is 15.4 Å². The molecule has 0 aromatic heterocycles. The summed E-state index contributed by atoms with van der Waals surface area (Å²) in [6.07, 6.45) is 1.84. The van der Waals surface area contributed by atoms with Gasteiger partial charge in [-0.15, -0.1) is 0 Å². The van der Waals surface area contributed by atoms with Gasteiger partial charge in [0.15, 0.2) is 0 Å². The molecule has 1 aliphatic carbocycles. The minimum Gasteiger partial charge on any atom is -0.497 e. The molecule has 2 atom stereocenters. The Kier molecular flexibility index (Phi) is 5.03. The molecule has 114 valence electrons. The first-order valence-electron chi connectivity index (χ1n) is 6.98. The third-order valence-electron chi connectivity index (χ3n) is 3.73. The van der Waals surface area contributed by atoms with Crippen LogP contribution in [0.1, 0.15) is 24.8 Å². The Morgan fingerprint density at radius 2 is 2.00 bits per heavy atom. The highest BCUT2D eigenvalue weighted by molar-refractivity contribution is 5.75. The van der Waals surface area contributed by atoms with E-state index in [1.165, 1.54) is 0 Å². The Hall–Kier alpha value is -2.24. The summed E-state index contributed by atoms with van der Waals surface area (Å²) >= 11 is 0. The number of benzene rings is 1. The molecule has 0 aliphatic heterocycles. The number of hydrogen-bond donors (Lipinski definition) is 3. The molecule has 1 fully saturated rings. The van der Waals surface area contributed by atoms with Crippen LogP contribution in [0.4, 0.5) is 4.79 Å². The van der Waals surface area contributed by atoms with Gasteiger partial charge in [0, 0.05) is 12.6 Å². The second kappa shape index (κ2) is 6.97. The van der Waals surface area contributed by atoms with Crippen molar-refractivity contribution in [2.45, 2.75) is 31.8 Å². The zero-order valence-corrected chi connectivity index (χ0v) is 12.0. The molecule has 2 rings (SSSR count). The van der Waals surface area contributed by atoms with Crippen molar-refractivity contribution in [1.82, 2.24) is 10.6 Å². The lowest BCUT2D eigenvalue weighted by molar-refractivity contribution is -0.141. The molecule has 1 aromatic carbocycles. The van der Waals surface area contributed by atoms with Crippen molar-refractivity contribution in [3.8, 4) is 5.75 Å². The average molecular weight is 292 g/mol. The zero-order valence-electron chi connectivity index (χ0n) is 12.0. The SMILES string of the molecule is COc1ccc(CNC(=O)N[C@H]2CC[C@@H](C(=O)O)C2)cc1. The summed E-state index contributed by atoms with van der Waals surface area (Å²) in [6.45, 7) is 0.422. The highest BCUT2D eigenvalue weighted by atomic mass is 16.5. The van der Waals surface area contributed by atoms with Crippen LogP contribution in [0, 0.1) is 5.92 Å². The van der Waals surface area contributed by atoms with Crippen LogP contribution in [-0.4, -0.2) is 30.3 Å². The van der Waals surface area contributed by atoms with Gasteiger partial charge in [-0.2, -0.15) is 0 Å². The molecule has 0 radical (unpaired) electrons. The highest BCUT2D eigenvalue weighted by Crippen LogP contribution is 2.25. The first-order valence-corrected chi connectivity index (χ1v) is 6.98. The summed E-state index contributed by atoms with van der Waals surface area (Å²) < 4.78 is 5.07. The number of carbonyl (C=O) groups is 2. The van der Waals surface area contributed by atoms with E-state index in [4.69, 9.17) is 9.84 Å². The van der Waals surface area contributed by atoms with Crippen molar-refractivity contribution in [1.29, 1.82) is 0 Å². The van der Waals surface area contributed by atoms with Crippen LogP contribution in [0.25, 0.3) is 0 Å². The van der Waals surface area contributed by atoms with Crippen molar-refractivity contribution >= 4 is 12.0 Å². The monoisotopic (exact) mass is 292 g/mol. The molecule has 1 saturated carbocycles. The Morgan fingerprint density at radius 3 is 2.57 bits per heavy atom. The summed E-state index contributed by atoms with van der Waals surface area (Å²) in [5.74, 6) is -0.344. The van der Waals surface area contributed by atoms with E-state index in [2.05, 4.69) is 10.6 Å². The van der Waals surface area contributed by atoms with Gasteiger partial charge in [-0.1, -0.05) is 12.1 Å². The fraction of sp³-hybridized carbons (Fsp3) is 0.467. The van der Waals surface area contributed by atoms with Gasteiger partial charge >= 0.3 is 12.0 Å². The van der Waals surface area contributed by atoms with E-state index >= 15 is 0 Å². The van der Waals surface area contributed by atoms with E-state index in [-0.39, 0.29) is 18.0 Å². The van der Waals surface area contributed by atoms with Crippen molar-refractivity contribution in [3.63, 3.8) is 0 Å². The molecular weight excluding hydrogens is 272 g/mol. The van der Waals surface area contributed by atoms with Gasteiger partial charge in [-0.05, 0) is 37.0 Å². The molecular formula is C15H20N2O4. The number of carboxylic acid groups (broad SMARTS) is 1. The lowest BCUT2D eigenvalue weighted by Crippen LogP contribution is -2.40. The molecule has 2 amide bonds. The van der Waals surface area contributed by atoms with Gasteiger partial charge in [0.1, 0.15) is 5.75 Å². The topological polar surface area (TPSA) is 87.7 Å². The normalized spacial score (nSPS) is 20.8. The van der Waals surface area contributed by atoms with Crippen LogP contribution in [0.2, 0.25) is 0 Å². The Labute approximate surface area is 123 Å². The molecule has 1 aromatic rings. The second-order valence-electron chi connectivity index (χ2n) is 5.22. The van der Waals surface area contributed by atoms with Crippen molar-refractivity contribution in [2.24, 2.45) is 5.92 Å². The molecule has 0 spiro atoms. The highest BCUT2D eigenvalue weighted by Gasteiger charge is 2.30. The van der Waals surface area contributed by atoms with E-state index in [1.807, 2.05) is 24.3 Å². The average Bonchev–Trinajstić information content (AvgIpc) is 2.94. The predicted octanol–water partition coefficient (Wildman–Crippen LogP) is 1.75. The Balaban J connectivity index is 1.73. The van der Waals surface area contributed by atoms with Crippen LogP contribution in [0.5, 0.6) is 5.75 Å². The maximum Gasteiger partial charge on any atom is 0.315 e. The van der Waals surface area contributed by atoms with Crippen LogP contribution in [-0.2, 0) is 11.3 Å². The number of rotatable bonds is 5. The van der Waals surface area contributed by atoms with Crippen LogP contribution in [0.15, 0.2) is 24.3 Å². The van der Waals surface area contributed by atoms with E-state index in [0.29, 0.717) is 25.8 Å². The number of aliphatic carboxylic acids is 1. The number of methoxy groups -OCH3 is 1. The number of ether oxygens (including phenoxy) is 1. The number of carboxylic acids is 1. The third kappa shape index (κ3) is 4.37. The Morgan fingerprint density at radius 1 is 1.29 bits per heavy atom. The fourth-order valence-electron chi connectivity index (χ4n) is 2.50. The van der Waals surface area contributed by atoms with Gasteiger partial charge in [-0.25, -0.2) is 4.79 Å². The molecule has 0 saturated heterocycles. The number of nitrogens with one attached hydrogen (secondary N) is 2. The molecule has 0 bridgehead atoms. The maximum absolute atomic E-state index is 11.8. The largest absolute Gasteiger partial charge is 0.497 e. The van der Waals surface area contributed by atoms with Crippen LogP contribution in [0.3, 0.4) is 0 Å². The van der Waals surface area contributed by atoms with Crippen LogP contribution >= 0.6 is 0 Å². The van der Waals surface area contributed by atoms with Gasteiger partial charge in [0.25, 0.3) is 0 Å². The maximum atomic E-state index is 11.8. The van der Waals surface area contributed by atoms with Gasteiger partial charge in [-0.3, -0.25) is 4.79 Å². The molecule has 21 heavy (non-hydrogen) atoms. The number of carbonyl (C=O) groups excluding carboxylic acids is 1. The summed E-state index contributed by atoms with van der Waals surface area (Å²) in [5.41, 5.74) is 0.973. The number of amides is 2. The van der Waals surface area contributed by atoms with E-state index in [0.717, 1.165) is 11.3 Å². The second-order valence-corrected chi connectivity index (χ2v) is 5.22. The van der Waals surface area contributed by atoms with Gasteiger partial charge in [0.2, 0.25) is 0 Å². The first kappa shape index (κ1) is 15.2. The fourth-order valence-corrected chi connectivity index (χ4v) is 2.50.